The molecule has 1 aromatic rings. The van der Waals surface area contributed by atoms with E-state index in [0.717, 1.165) is 23.9 Å². The number of methoxy groups -OCH3 is 1. The van der Waals surface area contributed by atoms with Crippen LogP contribution in [0.5, 0.6) is 5.88 Å². The van der Waals surface area contributed by atoms with Crippen LogP contribution in [0.25, 0.3) is 0 Å². The van der Waals surface area contributed by atoms with Gasteiger partial charge in [-0.1, -0.05) is 6.08 Å². The van der Waals surface area contributed by atoms with Crippen LogP contribution in [0.2, 0.25) is 0 Å². The number of anilines is 1. The summed E-state index contributed by atoms with van der Waals surface area (Å²) < 4.78 is 5.07. The number of aromatic nitrogens is 2. The average Bonchev–Trinajstić information content (AvgIpc) is 2.28. The summed E-state index contributed by atoms with van der Waals surface area (Å²) in [5, 5.41) is 3.23. The minimum Gasteiger partial charge on any atom is -0.481 e. The Morgan fingerprint density at radius 2 is 2.38 bits per heavy atom. The summed E-state index contributed by atoms with van der Waals surface area (Å²) in [4.78, 5) is 8.39. The highest BCUT2D eigenvalue weighted by Gasteiger charge is 2.00. The molecule has 0 saturated carbocycles. The van der Waals surface area contributed by atoms with Gasteiger partial charge in [0.05, 0.1) is 7.11 Å². The maximum absolute atomic E-state index is 5.07. The third-order valence-corrected chi connectivity index (χ3v) is 2.78. The Labute approximate surface area is 101 Å². The normalized spacial score (nSPS) is 9.88. The molecule has 1 aromatic heterocycles. The topological polar surface area (TPSA) is 47.0 Å². The Balaban J connectivity index is 2.41. The Morgan fingerprint density at radius 3 is 3.06 bits per heavy atom. The molecule has 0 radical (unpaired) electrons. The van der Waals surface area contributed by atoms with Crippen LogP contribution < -0.4 is 10.1 Å². The fourth-order valence-corrected chi connectivity index (χ4v) is 1.73. The molecule has 0 aliphatic carbocycles. The second-order valence-electron chi connectivity index (χ2n) is 3.13. The van der Waals surface area contributed by atoms with Gasteiger partial charge in [0.1, 0.15) is 11.6 Å². The molecule has 0 aliphatic rings. The zero-order valence-electron chi connectivity index (χ0n) is 9.69. The van der Waals surface area contributed by atoms with Crippen molar-refractivity contribution in [3.8, 4) is 5.88 Å². The monoisotopic (exact) mass is 239 g/mol. The largest absolute Gasteiger partial charge is 0.481 e. The molecule has 88 valence electrons. The number of hydrogen-bond donors (Lipinski definition) is 1. The highest BCUT2D eigenvalue weighted by molar-refractivity contribution is 7.99. The number of nitrogens with one attached hydrogen (secondary N) is 1. The molecule has 0 saturated heterocycles. The first-order valence-corrected chi connectivity index (χ1v) is 6.24. The first-order valence-electron chi connectivity index (χ1n) is 5.08. The van der Waals surface area contributed by atoms with E-state index in [4.69, 9.17) is 4.74 Å². The van der Waals surface area contributed by atoms with Crippen LogP contribution in [0.15, 0.2) is 18.7 Å². The molecule has 0 aromatic carbocycles. The first kappa shape index (κ1) is 12.8. The van der Waals surface area contributed by atoms with Crippen LogP contribution in [-0.2, 0) is 0 Å². The van der Waals surface area contributed by atoms with Gasteiger partial charge in [-0.2, -0.15) is 16.7 Å². The molecular formula is C11H17N3OS. The molecule has 4 nitrogen and oxygen atoms in total. The number of nitrogens with zero attached hydrogens (tertiary/aromatic N) is 2. The van der Waals surface area contributed by atoms with Crippen LogP contribution in [0.1, 0.15) is 5.82 Å². The summed E-state index contributed by atoms with van der Waals surface area (Å²) in [5.74, 6) is 4.11. The predicted molar refractivity (Wildman–Crippen MR) is 69.3 cm³/mol. The number of rotatable bonds is 7. The quantitative estimate of drug-likeness (QED) is 0.583. The molecule has 16 heavy (non-hydrogen) atoms. The van der Waals surface area contributed by atoms with Gasteiger partial charge >= 0.3 is 0 Å². The second-order valence-corrected chi connectivity index (χ2v) is 4.28. The number of hydrogen-bond acceptors (Lipinski definition) is 5. The van der Waals surface area contributed by atoms with Gasteiger partial charge in [0.25, 0.3) is 0 Å². The Kier molecular flexibility index (Phi) is 5.71. The van der Waals surface area contributed by atoms with Crippen molar-refractivity contribution in [2.45, 2.75) is 6.92 Å². The van der Waals surface area contributed by atoms with Crippen molar-refractivity contribution in [3.05, 3.63) is 24.5 Å². The molecular weight excluding hydrogens is 222 g/mol. The summed E-state index contributed by atoms with van der Waals surface area (Å²) in [5.41, 5.74) is 0. The molecule has 0 bridgehead atoms. The zero-order valence-corrected chi connectivity index (χ0v) is 10.5. The van der Waals surface area contributed by atoms with E-state index in [1.165, 1.54) is 0 Å². The van der Waals surface area contributed by atoms with Gasteiger partial charge in [-0.3, -0.25) is 0 Å². The minimum absolute atomic E-state index is 0.591. The van der Waals surface area contributed by atoms with Crippen molar-refractivity contribution in [1.29, 1.82) is 0 Å². The molecule has 0 aliphatic heterocycles. The minimum atomic E-state index is 0.591. The lowest BCUT2D eigenvalue weighted by Gasteiger charge is -2.07. The van der Waals surface area contributed by atoms with Crippen molar-refractivity contribution < 1.29 is 4.74 Å². The summed E-state index contributed by atoms with van der Waals surface area (Å²) >= 11 is 1.83. The maximum Gasteiger partial charge on any atom is 0.218 e. The van der Waals surface area contributed by atoms with E-state index in [2.05, 4.69) is 21.9 Å². The molecule has 0 amide bonds. The molecule has 1 heterocycles. The fourth-order valence-electron chi connectivity index (χ4n) is 1.15. The molecule has 0 spiro atoms. The Morgan fingerprint density at radius 1 is 1.56 bits per heavy atom. The first-order chi connectivity index (χ1) is 7.76. The smallest absolute Gasteiger partial charge is 0.218 e. The van der Waals surface area contributed by atoms with Gasteiger partial charge in [-0.15, -0.1) is 6.58 Å². The molecule has 0 fully saturated rings. The predicted octanol–water partition coefficient (Wildman–Crippen LogP) is 2.12. The van der Waals surface area contributed by atoms with Gasteiger partial charge in [-0.25, -0.2) is 4.98 Å². The van der Waals surface area contributed by atoms with Gasteiger partial charge in [-0.05, 0) is 6.92 Å². The van der Waals surface area contributed by atoms with E-state index >= 15 is 0 Å². The summed E-state index contributed by atoms with van der Waals surface area (Å²) in [6, 6.07) is 1.80. The molecule has 5 heteroatoms. The summed E-state index contributed by atoms with van der Waals surface area (Å²) in [6.45, 7) is 6.39. The Bertz CT molecular complexity index is 344. The van der Waals surface area contributed by atoms with Crippen LogP contribution in [0, 0.1) is 6.92 Å². The van der Waals surface area contributed by atoms with Crippen LogP contribution >= 0.6 is 11.8 Å². The lowest BCUT2D eigenvalue weighted by atomic mass is 10.5. The fraction of sp³-hybridized carbons (Fsp3) is 0.455. The van der Waals surface area contributed by atoms with Gasteiger partial charge < -0.3 is 10.1 Å². The number of thioether (sulfide) groups is 1. The Hall–Kier alpha value is -1.23. The van der Waals surface area contributed by atoms with Crippen molar-refractivity contribution in [2.75, 3.05) is 30.5 Å². The highest BCUT2D eigenvalue weighted by atomic mass is 32.2. The number of aryl methyl sites for hydroxylation is 1. The zero-order chi connectivity index (χ0) is 11.8. The molecule has 1 N–H and O–H groups in total. The van der Waals surface area contributed by atoms with Crippen molar-refractivity contribution in [3.63, 3.8) is 0 Å². The van der Waals surface area contributed by atoms with E-state index in [9.17, 15) is 0 Å². The van der Waals surface area contributed by atoms with Crippen LogP contribution in [0.4, 0.5) is 5.82 Å². The van der Waals surface area contributed by atoms with Gasteiger partial charge in [0, 0.05) is 24.1 Å². The highest BCUT2D eigenvalue weighted by Crippen LogP contribution is 2.12. The molecule has 0 unspecified atom stereocenters. The van der Waals surface area contributed by atoms with Crippen molar-refractivity contribution >= 4 is 17.6 Å². The summed E-state index contributed by atoms with van der Waals surface area (Å²) in [7, 11) is 1.60. The van der Waals surface area contributed by atoms with Crippen LogP contribution in [0.3, 0.4) is 0 Å². The summed E-state index contributed by atoms with van der Waals surface area (Å²) in [6.07, 6.45) is 1.91. The van der Waals surface area contributed by atoms with Crippen LogP contribution in [-0.4, -0.2) is 35.1 Å². The van der Waals surface area contributed by atoms with E-state index in [1.54, 1.807) is 13.2 Å². The second kappa shape index (κ2) is 7.11. The standard InChI is InChI=1S/C11H17N3OS/c1-4-6-16-7-5-12-10-8-11(15-3)14-9(2)13-10/h4,8H,1,5-7H2,2-3H3,(H,12,13,14). The van der Waals surface area contributed by atoms with E-state index in [0.29, 0.717) is 11.7 Å². The maximum atomic E-state index is 5.07. The molecule has 0 atom stereocenters. The lowest BCUT2D eigenvalue weighted by molar-refractivity contribution is 0.396. The van der Waals surface area contributed by atoms with Gasteiger partial charge in [0.2, 0.25) is 5.88 Å². The molecule has 1 rings (SSSR count). The lowest BCUT2D eigenvalue weighted by Crippen LogP contribution is -2.07. The average molecular weight is 239 g/mol. The van der Waals surface area contributed by atoms with Gasteiger partial charge in [0.15, 0.2) is 0 Å². The SMILES string of the molecule is C=CCSCCNc1cc(OC)nc(C)n1. The van der Waals surface area contributed by atoms with Crippen molar-refractivity contribution in [2.24, 2.45) is 0 Å². The third-order valence-electron chi connectivity index (χ3n) is 1.81. The third kappa shape index (κ3) is 4.53. The van der Waals surface area contributed by atoms with E-state index in [1.807, 2.05) is 24.8 Å². The van der Waals surface area contributed by atoms with E-state index in [-0.39, 0.29) is 0 Å². The number of ether oxygens (including phenoxy) is 1. The van der Waals surface area contributed by atoms with Crippen molar-refractivity contribution in [1.82, 2.24) is 9.97 Å². The van der Waals surface area contributed by atoms with E-state index < -0.39 is 0 Å².